The molecule has 0 fully saturated rings. The maximum absolute atomic E-state index is 12.4. The highest BCUT2D eigenvalue weighted by atomic mass is 35.5. The molecule has 0 unspecified atom stereocenters. The number of carbonyl (C=O) groups is 1. The van der Waals surface area contributed by atoms with Gasteiger partial charge in [0.1, 0.15) is 0 Å². The molecule has 2 aromatic rings. The molecule has 2 aromatic carbocycles. The smallest absolute Gasteiger partial charge is 0.255 e. The zero-order valence-corrected chi connectivity index (χ0v) is 13.5. The molecule has 0 aliphatic carbocycles. The summed E-state index contributed by atoms with van der Waals surface area (Å²) >= 11 is 17.9. The van der Waals surface area contributed by atoms with Crippen LogP contribution < -0.4 is 5.73 Å². The van der Waals surface area contributed by atoms with Crippen LogP contribution >= 0.6 is 34.8 Å². The van der Waals surface area contributed by atoms with Crippen LogP contribution in [0.2, 0.25) is 15.1 Å². The predicted molar refractivity (Wildman–Crippen MR) is 88.1 cm³/mol. The molecule has 2 rings (SSSR count). The predicted octanol–water partition coefficient (Wildman–Crippen LogP) is 4.50. The Morgan fingerprint density at radius 2 is 1.90 bits per heavy atom. The molecule has 0 radical (unpaired) electrons. The highest BCUT2D eigenvalue weighted by Crippen LogP contribution is 2.27. The van der Waals surface area contributed by atoms with Gasteiger partial charge in [0.15, 0.2) is 0 Å². The van der Waals surface area contributed by atoms with Crippen LogP contribution in [0, 0.1) is 0 Å². The molecule has 0 saturated heterocycles. The number of hydrogen-bond donors (Lipinski definition) is 1. The topological polar surface area (TPSA) is 46.3 Å². The second-order valence-corrected chi connectivity index (χ2v) is 5.83. The highest BCUT2D eigenvalue weighted by molar-refractivity contribution is 6.42. The lowest BCUT2D eigenvalue weighted by Crippen LogP contribution is -2.27. The summed E-state index contributed by atoms with van der Waals surface area (Å²) in [6, 6.07) is 10.1. The van der Waals surface area contributed by atoms with E-state index in [1.54, 1.807) is 37.4 Å². The van der Waals surface area contributed by atoms with Gasteiger partial charge in [-0.1, -0.05) is 46.9 Å². The van der Waals surface area contributed by atoms with Crippen molar-refractivity contribution in [2.75, 3.05) is 12.8 Å². The van der Waals surface area contributed by atoms with Crippen LogP contribution in [0.25, 0.3) is 0 Å². The Morgan fingerprint density at radius 3 is 2.57 bits per heavy atom. The molecule has 0 atom stereocenters. The van der Waals surface area contributed by atoms with E-state index in [9.17, 15) is 4.79 Å². The zero-order chi connectivity index (χ0) is 15.6. The number of halogens is 3. The van der Waals surface area contributed by atoms with Gasteiger partial charge in [0.2, 0.25) is 0 Å². The van der Waals surface area contributed by atoms with Crippen molar-refractivity contribution in [1.29, 1.82) is 0 Å². The van der Waals surface area contributed by atoms with Gasteiger partial charge in [0.05, 0.1) is 15.6 Å². The van der Waals surface area contributed by atoms with E-state index in [1.165, 1.54) is 4.90 Å². The third-order valence-corrected chi connectivity index (χ3v) is 4.12. The Kier molecular flexibility index (Phi) is 4.99. The first-order valence-electron chi connectivity index (χ1n) is 6.13. The molecule has 21 heavy (non-hydrogen) atoms. The number of nitrogens with zero attached hydrogens (tertiary/aromatic N) is 1. The molecule has 0 spiro atoms. The molecular weight excluding hydrogens is 331 g/mol. The van der Waals surface area contributed by atoms with Crippen molar-refractivity contribution in [3.8, 4) is 0 Å². The molecular formula is C15H13Cl3N2O. The van der Waals surface area contributed by atoms with Crippen LogP contribution in [0.1, 0.15) is 15.9 Å². The molecule has 110 valence electrons. The minimum atomic E-state index is -0.208. The van der Waals surface area contributed by atoms with Gasteiger partial charge in [-0.2, -0.15) is 0 Å². The normalized spacial score (nSPS) is 10.5. The van der Waals surface area contributed by atoms with E-state index in [1.807, 2.05) is 6.07 Å². The first-order chi connectivity index (χ1) is 9.90. The lowest BCUT2D eigenvalue weighted by Gasteiger charge is -2.19. The van der Waals surface area contributed by atoms with Crippen LogP contribution in [0.5, 0.6) is 0 Å². The maximum atomic E-state index is 12.4. The van der Waals surface area contributed by atoms with Crippen molar-refractivity contribution in [3.63, 3.8) is 0 Å². The van der Waals surface area contributed by atoms with Crippen molar-refractivity contribution in [1.82, 2.24) is 4.90 Å². The fraction of sp³-hybridized carbons (Fsp3) is 0.133. The molecule has 3 nitrogen and oxygen atoms in total. The summed E-state index contributed by atoms with van der Waals surface area (Å²) in [5.74, 6) is -0.208. The third kappa shape index (κ3) is 3.62. The van der Waals surface area contributed by atoms with Crippen molar-refractivity contribution in [2.24, 2.45) is 0 Å². The molecule has 2 N–H and O–H groups in total. The number of carbonyl (C=O) groups excluding carboxylic acids is 1. The Bertz CT molecular complexity index is 689. The number of hydrogen-bond acceptors (Lipinski definition) is 2. The van der Waals surface area contributed by atoms with Gasteiger partial charge < -0.3 is 10.6 Å². The number of rotatable bonds is 3. The van der Waals surface area contributed by atoms with Gasteiger partial charge in [-0.3, -0.25) is 4.79 Å². The molecule has 0 aliphatic heterocycles. The van der Waals surface area contributed by atoms with Crippen LogP contribution in [0.3, 0.4) is 0 Å². The average molecular weight is 344 g/mol. The largest absolute Gasteiger partial charge is 0.398 e. The standard InChI is InChI=1S/C15H13Cl3N2O/c1-20(8-9-3-2-4-12(17)14(9)18)15(21)11-6-5-10(16)7-13(11)19/h2-7H,8,19H2,1H3. The minimum absolute atomic E-state index is 0.208. The number of anilines is 1. The number of nitrogens with two attached hydrogens (primary N) is 1. The van der Waals surface area contributed by atoms with Crippen molar-refractivity contribution in [3.05, 3.63) is 62.6 Å². The van der Waals surface area contributed by atoms with Gasteiger partial charge >= 0.3 is 0 Å². The van der Waals surface area contributed by atoms with Gasteiger partial charge in [-0.15, -0.1) is 0 Å². The summed E-state index contributed by atoms with van der Waals surface area (Å²) in [7, 11) is 1.67. The van der Waals surface area contributed by atoms with Crippen molar-refractivity contribution >= 4 is 46.4 Å². The fourth-order valence-corrected chi connectivity index (χ4v) is 2.49. The van der Waals surface area contributed by atoms with Gasteiger partial charge in [-0.05, 0) is 29.8 Å². The summed E-state index contributed by atoms with van der Waals surface area (Å²) in [6.45, 7) is 0.334. The minimum Gasteiger partial charge on any atom is -0.398 e. The van der Waals surface area contributed by atoms with Gasteiger partial charge in [-0.25, -0.2) is 0 Å². The molecule has 1 amide bonds. The zero-order valence-electron chi connectivity index (χ0n) is 11.2. The van der Waals surface area contributed by atoms with E-state index in [4.69, 9.17) is 40.5 Å². The SMILES string of the molecule is CN(Cc1cccc(Cl)c1Cl)C(=O)c1ccc(Cl)cc1N. The van der Waals surface area contributed by atoms with E-state index in [-0.39, 0.29) is 5.91 Å². The Labute approximate surface area is 138 Å². The second-order valence-electron chi connectivity index (χ2n) is 4.61. The molecule has 0 bridgehead atoms. The first kappa shape index (κ1) is 16.0. The Balaban J connectivity index is 2.21. The van der Waals surface area contributed by atoms with Crippen molar-refractivity contribution in [2.45, 2.75) is 6.54 Å². The van der Waals surface area contributed by atoms with Crippen LogP contribution in [-0.2, 0) is 6.54 Å². The summed E-state index contributed by atoms with van der Waals surface area (Å²) in [4.78, 5) is 13.9. The van der Waals surface area contributed by atoms with Crippen LogP contribution in [0.15, 0.2) is 36.4 Å². The van der Waals surface area contributed by atoms with Crippen LogP contribution in [-0.4, -0.2) is 17.9 Å². The van der Waals surface area contributed by atoms with E-state index in [0.29, 0.717) is 32.9 Å². The highest BCUT2D eigenvalue weighted by Gasteiger charge is 2.16. The van der Waals surface area contributed by atoms with E-state index < -0.39 is 0 Å². The Morgan fingerprint density at radius 1 is 1.19 bits per heavy atom. The quantitative estimate of drug-likeness (QED) is 0.834. The van der Waals surface area contributed by atoms with Crippen molar-refractivity contribution < 1.29 is 4.79 Å². The molecule has 0 heterocycles. The average Bonchev–Trinajstić information content (AvgIpc) is 2.43. The summed E-state index contributed by atoms with van der Waals surface area (Å²) < 4.78 is 0. The van der Waals surface area contributed by atoms with Gasteiger partial charge in [0.25, 0.3) is 5.91 Å². The number of amides is 1. The summed E-state index contributed by atoms with van der Waals surface area (Å²) in [5.41, 5.74) is 7.35. The summed E-state index contributed by atoms with van der Waals surface area (Å²) in [6.07, 6.45) is 0. The molecule has 0 saturated carbocycles. The second kappa shape index (κ2) is 6.56. The number of benzene rings is 2. The lowest BCUT2D eigenvalue weighted by molar-refractivity contribution is 0.0786. The number of nitrogen functional groups attached to an aromatic ring is 1. The van der Waals surface area contributed by atoms with Gasteiger partial charge in [0, 0.05) is 24.3 Å². The maximum Gasteiger partial charge on any atom is 0.255 e. The van der Waals surface area contributed by atoms with E-state index in [0.717, 1.165) is 5.56 Å². The monoisotopic (exact) mass is 342 g/mol. The lowest BCUT2D eigenvalue weighted by atomic mass is 10.1. The Hall–Kier alpha value is -1.42. The first-order valence-corrected chi connectivity index (χ1v) is 7.27. The van der Waals surface area contributed by atoms with Crippen LogP contribution in [0.4, 0.5) is 5.69 Å². The molecule has 0 aromatic heterocycles. The van der Waals surface area contributed by atoms with E-state index in [2.05, 4.69) is 0 Å². The van der Waals surface area contributed by atoms with E-state index >= 15 is 0 Å². The summed E-state index contributed by atoms with van der Waals surface area (Å²) in [5, 5.41) is 1.40. The molecule has 6 heteroatoms. The molecule has 0 aliphatic rings. The third-order valence-electron chi connectivity index (χ3n) is 3.03. The fourth-order valence-electron chi connectivity index (χ4n) is 1.93.